The van der Waals surface area contributed by atoms with Crippen molar-refractivity contribution >= 4 is 11.8 Å². The third kappa shape index (κ3) is 4.22. The van der Waals surface area contributed by atoms with Crippen molar-refractivity contribution in [1.82, 2.24) is 19.6 Å². The summed E-state index contributed by atoms with van der Waals surface area (Å²) in [5.74, 6) is 0.684. The number of hydrogen-bond acceptors (Lipinski definition) is 4. The van der Waals surface area contributed by atoms with E-state index in [-0.39, 0.29) is 24.5 Å². The maximum Gasteiger partial charge on any atom is 0.260 e. The van der Waals surface area contributed by atoms with Crippen LogP contribution in [0.1, 0.15) is 19.4 Å². The molecular formula is C19H24N4O3. The lowest BCUT2D eigenvalue weighted by atomic mass is 10.2. The van der Waals surface area contributed by atoms with Gasteiger partial charge in [0.05, 0.1) is 0 Å². The van der Waals surface area contributed by atoms with Crippen molar-refractivity contribution in [2.45, 2.75) is 19.4 Å². The summed E-state index contributed by atoms with van der Waals surface area (Å²) in [7, 11) is 0. The molecule has 2 amide bonds. The SMILES string of the molecule is CCC(C(=O)N1CCN(C(=O)COc2ccccc2)CC1)n1cccn1. The van der Waals surface area contributed by atoms with Gasteiger partial charge in [-0.3, -0.25) is 14.3 Å². The Morgan fingerprint density at radius 1 is 1.08 bits per heavy atom. The number of amides is 2. The molecule has 2 aromatic rings. The number of benzene rings is 1. The van der Waals surface area contributed by atoms with E-state index in [1.54, 1.807) is 15.8 Å². The van der Waals surface area contributed by atoms with E-state index in [4.69, 9.17) is 4.74 Å². The molecule has 1 saturated heterocycles. The first-order valence-corrected chi connectivity index (χ1v) is 8.92. The summed E-state index contributed by atoms with van der Waals surface area (Å²) in [4.78, 5) is 28.6. The van der Waals surface area contributed by atoms with Gasteiger partial charge in [-0.05, 0) is 24.6 Å². The molecular weight excluding hydrogens is 332 g/mol. The molecule has 26 heavy (non-hydrogen) atoms. The number of carbonyl (C=O) groups excluding carboxylic acids is 2. The Hall–Kier alpha value is -2.83. The van der Waals surface area contributed by atoms with Crippen LogP contribution < -0.4 is 4.74 Å². The average Bonchev–Trinajstić information content (AvgIpc) is 3.22. The molecule has 0 bridgehead atoms. The second-order valence-corrected chi connectivity index (χ2v) is 6.22. The zero-order valence-electron chi connectivity index (χ0n) is 15.0. The van der Waals surface area contributed by atoms with E-state index in [0.717, 1.165) is 0 Å². The quantitative estimate of drug-likeness (QED) is 0.788. The molecule has 1 atom stereocenters. The largest absolute Gasteiger partial charge is 0.484 e. The summed E-state index contributed by atoms with van der Waals surface area (Å²) in [5.41, 5.74) is 0. The van der Waals surface area contributed by atoms with Gasteiger partial charge in [0.2, 0.25) is 5.91 Å². The van der Waals surface area contributed by atoms with Crippen molar-refractivity contribution in [2.75, 3.05) is 32.8 Å². The first kappa shape index (κ1) is 18.0. The molecule has 0 N–H and O–H groups in total. The van der Waals surface area contributed by atoms with E-state index < -0.39 is 0 Å². The molecule has 138 valence electrons. The number of aromatic nitrogens is 2. The van der Waals surface area contributed by atoms with Crippen LogP contribution in [0.15, 0.2) is 48.8 Å². The van der Waals surface area contributed by atoms with Crippen LogP contribution in [0, 0.1) is 0 Å². The highest BCUT2D eigenvalue weighted by Gasteiger charge is 2.29. The van der Waals surface area contributed by atoms with Gasteiger partial charge in [-0.1, -0.05) is 25.1 Å². The van der Waals surface area contributed by atoms with Crippen LogP contribution in [0.2, 0.25) is 0 Å². The summed E-state index contributed by atoms with van der Waals surface area (Å²) in [6.45, 7) is 4.12. The number of hydrogen-bond donors (Lipinski definition) is 0. The first-order valence-electron chi connectivity index (χ1n) is 8.92. The van der Waals surface area contributed by atoms with Crippen LogP contribution >= 0.6 is 0 Å². The van der Waals surface area contributed by atoms with Gasteiger partial charge < -0.3 is 14.5 Å². The van der Waals surface area contributed by atoms with Gasteiger partial charge in [0, 0.05) is 38.6 Å². The lowest BCUT2D eigenvalue weighted by Gasteiger charge is -2.36. The van der Waals surface area contributed by atoms with Gasteiger partial charge in [-0.2, -0.15) is 5.10 Å². The number of para-hydroxylation sites is 1. The molecule has 0 aliphatic carbocycles. The van der Waals surface area contributed by atoms with E-state index in [9.17, 15) is 9.59 Å². The van der Waals surface area contributed by atoms with Crippen molar-refractivity contribution in [1.29, 1.82) is 0 Å². The molecule has 2 heterocycles. The van der Waals surface area contributed by atoms with Gasteiger partial charge in [0.25, 0.3) is 5.91 Å². The smallest absolute Gasteiger partial charge is 0.260 e. The van der Waals surface area contributed by atoms with E-state index in [1.165, 1.54) is 0 Å². The first-order chi connectivity index (χ1) is 12.7. The third-order valence-corrected chi connectivity index (χ3v) is 4.57. The average molecular weight is 356 g/mol. The number of nitrogens with zero attached hydrogens (tertiary/aromatic N) is 4. The van der Waals surface area contributed by atoms with E-state index in [2.05, 4.69) is 5.10 Å². The maximum atomic E-state index is 12.8. The second kappa shape index (κ2) is 8.51. The maximum absolute atomic E-state index is 12.8. The molecule has 7 nitrogen and oxygen atoms in total. The van der Waals surface area contributed by atoms with Crippen LogP contribution in [0.5, 0.6) is 5.75 Å². The lowest BCUT2D eigenvalue weighted by molar-refractivity contribution is -0.142. The van der Waals surface area contributed by atoms with Gasteiger partial charge >= 0.3 is 0 Å². The third-order valence-electron chi connectivity index (χ3n) is 4.57. The lowest BCUT2D eigenvalue weighted by Crippen LogP contribution is -2.53. The van der Waals surface area contributed by atoms with Crippen LogP contribution in [-0.4, -0.2) is 64.2 Å². The predicted molar refractivity (Wildman–Crippen MR) is 96.7 cm³/mol. The minimum Gasteiger partial charge on any atom is -0.484 e. The fourth-order valence-corrected chi connectivity index (χ4v) is 3.08. The Labute approximate surface area is 153 Å². The summed E-state index contributed by atoms with van der Waals surface area (Å²) in [6, 6.07) is 10.8. The highest BCUT2D eigenvalue weighted by Crippen LogP contribution is 2.16. The number of ether oxygens (including phenoxy) is 1. The molecule has 1 fully saturated rings. The van der Waals surface area contributed by atoms with Crippen molar-refractivity contribution in [3.63, 3.8) is 0 Å². The topological polar surface area (TPSA) is 67.7 Å². The van der Waals surface area contributed by atoms with Crippen molar-refractivity contribution in [3.8, 4) is 5.75 Å². The van der Waals surface area contributed by atoms with Crippen molar-refractivity contribution in [2.24, 2.45) is 0 Å². The molecule has 0 radical (unpaired) electrons. The highest BCUT2D eigenvalue weighted by atomic mass is 16.5. The predicted octanol–water partition coefficient (Wildman–Crippen LogP) is 1.58. The van der Waals surface area contributed by atoms with Gasteiger partial charge in [0.1, 0.15) is 11.8 Å². The van der Waals surface area contributed by atoms with Gasteiger partial charge in [-0.15, -0.1) is 0 Å². The number of carbonyl (C=O) groups is 2. The molecule has 1 unspecified atom stereocenters. The van der Waals surface area contributed by atoms with E-state index >= 15 is 0 Å². The van der Waals surface area contributed by atoms with Crippen LogP contribution in [0.25, 0.3) is 0 Å². The molecule has 0 spiro atoms. The van der Waals surface area contributed by atoms with Crippen LogP contribution in [0.3, 0.4) is 0 Å². The van der Waals surface area contributed by atoms with Gasteiger partial charge in [-0.25, -0.2) is 0 Å². The van der Waals surface area contributed by atoms with Crippen LogP contribution in [-0.2, 0) is 9.59 Å². The zero-order chi connectivity index (χ0) is 18.4. The Kier molecular flexibility index (Phi) is 5.88. The van der Waals surface area contributed by atoms with Gasteiger partial charge in [0.15, 0.2) is 6.61 Å². The minimum absolute atomic E-state index is 0.0167. The van der Waals surface area contributed by atoms with E-state index in [0.29, 0.717) is 38.3 Å². The summed E-state index contributed by atoms with van der Waals surface area (Å²) < 4.78 is 7.22. The zero-order valence-corrected chi connectivity index (χ0v) is 15.0. The Morgan fingerprint density at radius 2 is 1.77 bits per heavy atom. The fraction of sp³-hybridized carbons (Fsp3) is 0.421. The molecule has 1 aromatic heterocycles. The number of piperazine rings is 1. The monoisotopic (exact) mass is 356 g/mol. The Bertz CT molecular complexity index is 710. The molecule has 1 aliphatic rings. The molecule has 0 saturated carbocycles. The highest BCUT2D eigenvalue weighted by molar-refractivity contribution is 5.81. The standard InChI is InChI=1S/C19H24N4O3/c1-2-17(23-10-6-9-20-23)19(25)22-13-11-21(12-14-22)18(24)15-26-16-7-4-3-5-8-16/h3-10,17H,2,11-15H2,1H3. The van der Waals surface area contributed by atoms with Crippen molar-refractivity contribution in [3.05, 3.63) is 48.8 Å². The van der Waals surface area contributed by atoms with Crippen molar-refractivity contribution < 1.29 is 14.3 Å². The summed E-state index contributed by atoms with van der Waals surface area (Å²) >= 11 is 0. The van der Waals surface area contributed by atoms with E-state index in [1.807, 2.05) is 54.4 Å². The fourth-order valence-electron chi connectivity index (χ4n) is 3.08. The molecule has 3 rings (SSSR count). The second-order valence-electron chi connectivity index (χ2n) is 6.22. The normalized spacial score (nSPS) is 15.6. The number of rotatable bonds is 6. The molecule has 7 heteroatoms. The Balaban J connectivity index is 1.49. The van der Waals surface area contributed by atoms with Crippen LogP contribution in [0.4, 0.5) is 0 Å². The molecule has 1 aromatic carbocycles. The minimum atomic E-state index is -0.284. The summed E-state index contributed by atoms with van der Waals surface area (Å²) in [6.07, 6.45) is 4.18. The Morgan fingerprint density at radius 3 is 2.38 bits per heavy atom. The summed E-state index contributed by atoms with van der Waals surface area (Å²) in [5, 5.41) is 4.19. The molecule has 1 aliphatic heterocycles.